The highest BCUT2D eigenvalue weighted by molar-refractivity contribution is 5.44. The highest BCUT2D eigenvalue weighted by Gasteiger charge is 2.21. The highest BCUT2D eigenvalue weighted by Crippen LogP contribution is 2.32. The van der Waals surface area contributed by atoms with E-state index in [4.69, 9.17) is 10.5 Å². The second-order valence-electron chi connectivity index (χ2n) is 3.28. The SMILES string of the molecule is NCc1c(F)cc(F)c2c1OCCC2. The number of halogens is 2. The van der Waals surface area contributed by atoms with Gasteiger partial charge in [-0.25, -0.2) is 8.78 Å². The van der Waals surface area contributed by atoms with E-state index in [0.717, 1.165) is 12.5 Å². The van der Waals surface area contributed by atoms with Gasteiger partial charge in [0.05, 0.1) is 6.61 Å². The molecular weight excluding hydrogens is 188 g/mol. The summed E-state index contributed by atoms with van der Waals surface area (Å²) in [6.45, 7) is 0.539. The molecule has 2 rings (SSSR count). The molecular formula is C10H11F2NO. The Labute approximate surface area is 80.7 Å². The second-order valence-corrected chi connectivity index (χ2v) is 3.28. The Kier molecular flexibility index (Phi) is 2.37. The normalized spacial score (nSPS) is 14.8. The number of ether oxygens (including phenoxy) is 1. The van der Waals surface area contributed by atoms with E-state index in [0.29, 0.717) is 24.3 Å². The summed E-state index contributed by atoms with van der Waals surface area (Å²) in [4.78, 5) is 0. The molecule has 0 unspecified atom stereocenters. The van der Waals surface area contributed by atoms with Gasteiger partial charge < -0.3 is 10.5 Å². The van der Waals surface area contributed by atoms with Crippen LogP contribution in [0.1, 0.15) is 17.5 Å². The summed E-state index contributed by atoms with van der Waals surface area (Å²) >= 11 is 0. The molecule has 1 aliphatic rings. The maximum absolute atomic E-state index is 13.3. The number of hydrogen-bond acceptors (Lipinski definition) is 2. The van der Waals surface area contributed by atoms with Gasteiger partial charge in [-0.2, -0.15) is 0 Å². The van der Waals surface area contributed by atoms with Crippen molar-refractivity contribution in [2.45, 2.75) is 19.4 Å². The molecule has 1 heterocycles. The van der Waals surface area contributed by atoms with Crippen molar-refractivity contribution in [3.8, 4) is 5.75 Å². The monoisotopic (exact) mass is 199 g/mol. The Morgan fingerprint density at radius 1 is 1.36 bits per heavy atom. The second kappa shape index (κ2) is 3.53. The minimum atomic E-state index is -0.620. The first kappa shape index (κ1) is 9.40. The minimum Gasteiger partial charge on any atom is -0.493 e. The molecule has 0 atom stereocenters. The fourth-order valence-electron chi connectivity index (χ4n) is 1.71. The average molecular weight is 199 g/mol. The molecule has 0 aliphatic carbocycles. The first-order valence-electron chi connectivity index (χ1n) is 4.56. The largest absolute Gasteiger partial charge is 0.493 e. The third-order valence-corrected chi connectivity index (χ3v) is 2.40. The van der Waals surface area contributed by atoms with Gasteiger partial charge >= 0.3 is 0 Å². The van der Waals surface area contributed by atoms with E-state index in [9.17, 15) is 8.78 Å². The number of nitrogens with two attached hydrogens (primary N) is 1. The van der Waals surface area contributed by atoms with Crippen LogP contribution in [-0.2, 0) is 13.0 Å². The van der Waals surface area contributed by atoms with Gasteiger partial charge in [0.25, 0.3) is 0 Å². The maximum Gasteiger partial charge on any atom is 0.134 e. The first-order chi connectivity index (χ1) is 6.74. The number of hydrogen-bond donors (Lipinski definition) is 1. The summed E-state index contributed by atoms with van der Waals surface area (Å²) in [6.07, 6.45) is 1.36. The van der Waals surface area contributed by atoms with E-state index in [2.05, 4.69) is 0 Å². The quantitative estimate of drug-likeness (QED) is 0.747. The molecule has 1 aromatic rings. The molecule has 0 saturated heterocycles. The van der Waals surface area contributed by atoms with E-state index in [1.54, 1.807) is 0 Å². The van der Waals surface area contributed by atoms with Crippen molar-refractivity contribution >= 4 is 0 Å². The Hall–Kier alpha value is -1.16. The summed E-state index contributed by atoms with van der Waals surface area (Å²) in [5.41, 5.74) is 6.12. The molecule has 4 heteroatoms. The maximum atomic E-state index is 13.3. The van der Waals surface area contributed by atoms with Crippen molar-refractivity contribution in [2.75, 3.05) is 6.61 Å². The molecule has 0 spiro atoms. The van der Waals surface area contributed by atoms with E-state index in [-0.39, 0.29) is 12.1 Å². The molecule has 0 aromatic heterocycles. The molecule has 0 fully saturated rings. The minimum absolute atomic E-state index is 0.0362. The smallest absolute Gasteiger partial charge is 0.134 e. The van der Waals surface area contributed by atoms with Crippen molar-refractivity contribution in [1.29, 1.82) is 0 Å². The van der Waals surface area contributed by atoms with Gasteiger partial charge in [-0.05, 0) is 12.8 Å². The van der Waals surface area contributed by atoms with Crippen molar-refractivity contribution in [2.24, 2.45) is 5.73 Å². The molecule has 1 aromatic carbocycles. The van der Waals surface area contributed by atoms with Crippen LogP contribution < -0.4 is 10.5 Å². The van der Waals surface area contributed by atoms with Crippen LogP contribution in [0.25, 0.3) is 0 Å². The summed E-state index contributed by atoms with van der Waals surface area (Å²) in [5, 5.41) is 0. The van der Waals surface area contributed by atoms with Crippen LogP contribution in [0.15, 0.2) is 6.07 Å². The zero-order chi connectivity index (χ0) is 10.1. The fraction of sp³-hybridized carbons (Fsp3) is 0.400. The van der Waals surface area contributed by atoms with Gasteiger partial charge in [0, 0.05) is 23.7 Å². The molecule has 2 N–H and O–H groups in total. The van der Waals surface area contributed by atoms with Gasteiger partial charge in [-0.3, -0.25) is 0 Å². The van der Waals surface area contributed by atoms with Crippen LogP contribution in [-0.4, -0.2) is 6.61 Å². The summed E-state index contributed by atoms with van der Waals surface area (Å²) in [5.74, 6) is -0.837. The Morgan fingerprint density at radius 2 is 2.14 bits per heavy atom. The predicted molar refractivity (Wildman–Crippen MR) is 48.1 cm³/mol. The number of fused-ring (bicyclic) bond motifs is 1. The number of benzene rings is 1. The van der Waals surface area contributed by atoms with Crippen LogP contribution in [0.4, 0.5) is 8.78 Å². The van der Waals surface area contributed by atoms with Crippen LogP contribution >= 0.6 is 0 Å². The van der Waals surface area contributed by atoms with Gasteiger partial charge in [0.2, 0.25) is 0 Å². The third kappa shape index (κ3) is 1.35. The Morgan fingerprint density at radius 3 is 2.86 bits per heavy atom. The van der Waals surface area contributed by atoms with Crippen molar-refractivity contribution in [3.63, 3.8) is 0 Å². The fourth-order valence-corrected chi connectivity index (χ4v) is 1.71. The zero-order valence-corrected chi connectivity index (χ0v) is 7.65. The summed E-state index contributed by atoms with van der Waals surface area (Å²) in [6, 6.07) is 0.885. The zero-order valence-electron chi connectivity index (χ0n) is 7.65. The van der Waals surface area contributed by atoms with Gasteiger partial charge in [-0.15, -0.1) is 0 Å². The molecule has 0 saturated carbocycles. The molecule has 14 heavy (non-hydrogen) atoms. The predicted octanol–water partition coefficient (Wildman–Crippen LogP) is 1.75. The van der Waals surface area contributed by atoms with E-state index in [1.807, 2.05) is 0 Å². The lowest BCUT2D eigenvalue weighted by atomic mass is 10.0. The molecule has 76 valence electrons. The van der Waals surface area contributed by atoms with Gasteiger partial charge in [0.1, 0.15) is 17.4 Å². The molecule has 0 bridgehead atoms. The van der Waals surface area contributed by atoms with Crippen molar-refractivity contribution < 1.29 is 13.5 Å². The molecule has 0 radical (unpaired) electrons. The van der Waals surface area contributed by atoms with Gasteiger partial charge in [0.15, 0.2) is 0 Å². The summed E-state index contributed by atoms with van der Waals surface area (Å²) in [7, 11) is 0. The van der Waals surface area contributed by atoms with Crippen LogP contribution in [0.2, 0.25) is 0 Å². The van der Waals surface area contributed by atoms with Gasteiger partial charge in [-0.1, -0.05) is 0 Å². The van der Waals surface area contributed by atoms with E-state index in [1.165, 1.54) is 0 Å². The molecule has 2 nitrogen and oxygen atoms in total. The Bertz CT molecular complexity index is 345. The standard InChI is InChI=1S/C10H11F2NO/c11-8-4-9(12)7(5-13)10-6(8)2-1-3-14-10/h4H,1-3,5,13H2. The topological polar surface area (TPSA) is 35.2 Å². The van der Waals surface area contributed by atoms with E-state index < -0.39 is 11.6 Å². The van der Waals surface area contributed by atoms with Crippen LogP contribution in [0.5, 0.6) is 5.75 Å². The molecule has 1 aliphatic heterocycles. The molecule has 0 amide bonds. The lowest BCUT2D eigenvalue weighted by Crippen LogP contribution is -2.15. The van der Waals surface area contributed by atoms with Crippen LogP contribution in [0.3, 0.4) is 0 Å². The van der Waals surface area contributed by atoms with E-state index >= 15 is 0 Å². The van der Waals surface area contributed by atoms with Crippen molar-refractivity contribution in [3.05, 3.63) is 28.8 Å². The Balaban J connectivity index is 2.61. The first-order valence-corrected chi connectivity index (χ1v) is 4.56. The number of rotatable bonds is 1. The van der Waals surface area contributed by atoms with Crippen molar-refractivity contribution in [1.82, 2.24) is 0 Å². The summed E-state index contributed by atoms with van der Waals surface area (Å²) < 4.78 is 31.8. The lowest BCUT2D eigenvalue weighted by Gasteiger charge is -2.20. The highest BCUT2D eigenvalue weighted by atomic mass is 19.1. The average Bonchev–Trinajstić information content (AvgIpc) is 2.18. The third-order valence-electron chi connectivity index (χ3n) is 2.40. The lowest BCUT2D eigenvalue weighted by molar-refractivity contribution is 0.278. The van der Waals surface area contributed by atoms with Crippen LogP contribution in [0, 0.1) is 11.6 Å².